The molecule has 2 aromatic carbocycles. The highest BCUT2D eigenvalue weighted by molar-refractivity contribution is 5.97. The monoisotopic (exact) mass is 408 g/mol. The minimum absolute atomic E-state index is 0.0737. The van der Waals surface area contributed by atoms with Gasteiger partial charge < -0.3 is 15.0 Å². The van der Waals surface area contributed by atoms with E-state index < -0.39 is 0 Å². The molecule has 2 aromatic rings. The normalized spacial score (nSPS) is 14.6. The lowest BCUT2D eigenvalue weighted by atomic mass is 9.96. The molecule has 0 aliphatic carbocycles. The van der Waals surface area contributed by atoms with Gasteiger partial charge in [0.25, 0.3) is 11.8 Å². The SMILES string of the molecule is Cc1ccc(C(=O)N2CCC(COc3ccccc3C(=O)NC(C)C)CC2)c(C)c1. The van der Waals surface area contributed by atoms with Gasteiger partial charge in [0.1, 0.15) is 5.75 Å². The quantitative estimate of drug-likeness (QED) is 0.772. The molecular formula is C25H32N2O3. The topological polar surface area (TPSA) is 58.6 Å². The van der Waals surface area contributed by atoms with Gasteiger partial charge in [-0.25, -0.2) is 0 Å². The first-order chi connectivity index (χ1) is 14.3. The molecule has 5 nitrogen and oxygen atoms in total. The predicted molar refractivity (Wildman–Crippen MR) is 119 cm³/mol. The fourth-order valence-electron chi connectivity index (χ4n) is 3.85. The van der Waals surface area contributed by atoms with E-state index in [1.165, 1.54) is 5.56 Å². The van der Waals surface area contributed by atoms with Gasteiger partial charge in [-0.1, -0.05) is 29.8 Å². The highest BCUT2D eigenvalue weighted by Crippen LogP contribution is 2.24. The molecule has 3 rings (SSSR count). The van der Waals surface area contributed by atoms with Crippen LogP contribution in [0.5, 0.6) is 5.75 Å². The maximum Gasteiger partial charge on any atom is 0.255 e. The molecule has 1 N–H and O–H groups in total. The summed E-state index contributed by atoms with van der Waals surface area (Å²) in [6.45, 7) is 9.93. The minimum Gasteiger partial charge on any atom is -0.492 e. The first kappa shape index (κ1) is 21.9. The Morgan fingerprint density at radius 1 is 1.07 bits per heavy atom. The smallest absolute Gasteiger partial charge is 0.255 e. The lowest BCUT2D eigenvalue weighted by molar-refractivity contribution is 0.0658. The Kier molecular flexibility index (Phi) is 7.14. The summed E-state index contributed by atoms with van der Waals surface area (Å²) in [4.78, 5) is 27.2. The Morgan fingerprint density at radius 3 is 2.43 bits per heavy atom. The van der Waals surface area contributed by atoms with Crippen LogP contribution in [0.25, 0.3) is 0 Å². The molecule has 0 spiro atoms. The van der Waals surface area contributed by atoms with Gasteiger partial charge in [0, 0.05) is 24.7 Å². The number of nitrogens with one attached hydrogen (secondary N) is 1. The molecule has 5 heteroatoms. The molecule has 0 bridgehead atoms. The Balaban J connectivity index is 1.54. The number of amides is 2. The molecule has 1 saturated heterocycles. The van der Waals surface area contributed by atoms with E-state index in [4.69, 9.17) is 4.74 Å². The van der Waals surface area contributed by atoms with E-state index >= 15 is 0 Å². The second-order valence-electron chi connectivity index (χ2n) is 8.49. The number of para-hydroxylation sites is 1. The van der Waals surface area contributed by atoms with Crippen molar-refractivity contribution in [1.82, 2.24) is 10.2 Å². The van der Waals surface area contributed by atoms with Gasteiger partial charge >= 0.3 is 0 Å². The fourth-order valence-corrected chi connectivity index (χ4v) is 3.85. The van der Waals surface area contributed by atoms with Crippen molar-refractivity contribution in [2.24, 2.45) is 5.92 Å². The zero-order chi connectivity index (χ0) is 21.7. The molecule has 0 atom stereocenters. The summed E-state index contributed by atoms with van der Waals surface area (Å²) in [5, 5.41) is 2.92. The molecule has 1 aliphatic heterocycles. The van der Waals surface area contributed by atoms with Gasteiger partial charge in [0.05, 0.1) is 12.2 Å². The molecule has 0 unspecified atom stereocenters. The Labute approximate surface area is 179 Å². The Morgan fingerprint density at radius 2 is 1.77 bits per heavy atom. The van der Waals surface area contributed by atoms with Crippen LogP contribution in [-0.2, 0) is 0 Å². The largest absolute Gasteiger partial charge is 0.492 e. The highest BCUT2D eigenvalue weighted by atomic mass is 16.5. The molecule has 1 fully saturated rings. The van der Waals surface area contributed by atoms with E-state index in [-0.39, 0.29) is 17.9 Å². The van der Waals surface area contributed by atoms with Crippen LogP contribution < -0.4 is 10.1 Å². The number of rotatable bonds is 6. The number of aryl methyl sites for hydroxylation is 2. The van der Waals surface area contributed by atoms with Crippen molar-refractivity contribution in [1.29, 1.82) is 0 Å². The van der Waals surface area contributed by atoms with Crippen molar-refractivity contribution < 1.29 is 14.3 Å². The molecule has 160 valence electrons. The Bertz CT molecular complexity index is 899. The first-order valence-corrected chi connectivity index (χ1v) is 10.7. The van der Waals surface area contributed by atoms with Crippen LogP contribution in [-0.4, -0.2) is 42.5 Å². The second kappa shape index (κ2) is 9.79. The van der Waals surface area contributed by atoms with E-state index in [0.29, 0.717) is 23.8 Å². The van der Waals surface area contributed by atoms with E-state index in [9.17, 15) is 9.59 Å². The van der Waals surface area contributed by atoms with Gasteiger partial charge in [-0.15, -0.1) is 0 Å². The van der Waals surface area contributed by atoms with Gasteiger partial charge in [0.15, 0.2) is 0 Å². The summed E-state index contributed by atoms with van der Waals surface area (Å²) in [7, 11) is 0. The number of hydrogen-bond acceptors (Lipinski definition) is 3. The number of likely N-dealkylation sites (tertiary alicyclic amines) is 1. The van der Waals surface area contributed by atoms with Crippen LogP contribution in [0.4, 0.5) is 0 Å². The number of ether oxygens (including phenoxy) is 1. The van der Waals surface area contributed by atoms with Crippen LogP contribution >= 0.6 is 0 Å². The third-order valence-corrected chi connectivity index (χ3v) is 5.54. The van der Waals surface area contributed by atoms with Gasteiger partial charge in [-0.3, -0.25) is 9.59 Å². The van der Waals surface area contributed by atoms with Crippen LogP contribution in [0.1, 0.15) is 58.5 Å². The molecule has 2 amide bonds. The number of carbonyl (C=O) groups excluding carboxylic acids is 2. The van der Waals surface area contributed by atoms with Crippen LogP contribution in [0.3, 0.4) is 0 Å². The number of nitrogens with zero attached hydrogens (tertiary/aromatic N) is 1. The zero-order valence-corrected chi connectivity index (χ0v) is 18.4. The van der Waals surface area contributed by atoms with Crippen molar-refractivity contribution in [2.45, 2.75) is 46.6 Å². The average molecular weight is 409 g/mol. The van der Waals surface area contributed by atoms with Crippen molar-refractivity contribution in [3.05, 3.63) is 64.7 Å². The predicted octanol–water partition coefficient (Wildman–Crippen LogP) is 4.37. The van der Waals surface area contributed by atoms with Crippen molar-refractivity contribution >= 4 is 11.8 Å². The van der Waals surface area contributed by atoms with E-state index in [1.54, 1.807) is 6.07 Å². The second-order valence-corrected chi connectivity index (χ2v) is 8.49. The van der Waals surface area contributed by atoms with Crippen molar-refractivity contribution in [2.75, 3.05) is 19.7 Å². The number of carbonyl (C=O) groups is 2. The molecule has 1 aliphatic rings. The molecular weight excluding hydrogens is 376 g/mol. The summed E-state index contributed by atoms with van der Waals surface area (Å²) in [6, 6.07) is 13.4. The summed E-state index contributed by atoms with van der Waals surface area (Å²) in [5.41, 5.74) is 3.55. The van der Waals surface area contributed by atoms with Crippen molar-refractivity contribution in [3.63, 3.8) is 0 Å². The lowest BCUT2D eigenvalue weighted by Crippen LogP contribution is -2.40. The third-order valence-electron chi connectivity index (χ3n) is 5.54. The van der Waals surface area contributed by atoms with Crippen molar-refractivity contribution in [3.8, 4) is 5.75 Å². The Hall–Kier alpha value is -2.82. The van der Waals surface area contributed by atoms with Crippen LogP contribution in [0.15, 0.2) is 42.5 Å². The number of piperidine rings is 1. The fraction of sp³-hybridized carbons (Fsp3) is 0.440. The molecule has 0 saturated carbocycles. The zero-order valence-electron chi connectivity index (χ0n) is 18.4. The van der Waals surface area contributed by atoms with Gasteiger partial charge in [-0.05, 0) is 70.2 Å². The maximum atomic E-state index is 12.9. The van der Waals surface area contributed by atoms with Gasteiger partial charge in [0.2, 0.25) is 0 Å². The highest BCUT2D eigenvalue weighted by Gasteiger charge is 2.25. The third kappa shape index (κ3) is 5.41. The molecule has 0 radical (unpaired) electrons. The summed E-state index contributed by atoms with van der Waals surface area (Å²) < 4.78 is 6.03. The van der Waals surface area contributed by atoms with E-state index in [2.05, 4.69) is 11.4 Å². The molecule has 1 heterocycles. The van der Waals surface area contributed by atoms with Gasteiger partial charge in [-0.2, -0.15) is 0 Å². The average Bonchev–Trinajstić information content (AvgIpc) is 2.72. The van der Waals surface area contributed by atoms with Crippen LogP contribution in [0.2, 0.25) is 0 Å². The minimum atomic E-state index is -0.116. The summed E-state index contributed by atoms with van der Waals surface area (Å²) in [5.74, 6) is 0.982. The molecule has 30 heavy (non-hydrogen) atoms. The van der Waals surface area contributed by atoms with E-state index in [0.717, 1.165) is 37.1 Å². The van der Waals surface area contributed by atoms with Crippen LogP contribution in [0, 0.1) is 19.8 Å². The number of hydrogen-bond donors (Lipinski definition) is 1. The summed E-state index contributed by atoms with van der Waals surface area (Å²) >= 11 is 0. The summed E-state index contributed by atoms with van der Waals surface area (Å²) in [6.07, 6.45) is 1.80. The standard InChI is InChI=1S/C25H32N2O3/c1-17(2)26-24(28)22-7-5-6-8-23(22)30-16-20-11-13-27(14-12-20)25(29)21-10-9-18(3)15-19(21)4/h5-10,15,17,20H,11-14,16H2,1-4H3,(H,26,28). The first-order valence-electron chi connectivity index (χ1n) is 10.7. The van der Waals surface area contributed by atoms with E-state index in [1.807, 2.05) is 62.9 Å². The maximum absolute atomic E-state index is 12.9. The molecule has 0 aromatic heterocycles. The lowest BCUT2D eigenvalue weighted by Gasteiger charge is -2.32. The number of benzene rings is 2.